The molecule has 0 spiro atoms. The van der Waals surface area contributed by atoms with Crippen molar-refractivity contribution < 1.29 is 23.8 Å². The zero-order valence-corrected chi connectivity index (χ0v) is 19.9. The maximum atomic E-state index is 12.3. The maximum absolute atomic E-state index is 12.3. The predicted molar refractivity (Wildman–Crippen MR) is 135 cm³/mol. The van der Waals surface area contributed by atoms with Crippen LogP contribution < -0.4 is 10.2 Å². The topological polar surface area (TPSA) is 150 Å². The number of hydrazone groups is 1. The van der Waals surface area contributed by atoms with E-state index in [2.05, 4.69) is 33.1 Å². The molecule has 1 heterocycles. The van der Waals surface area contributed by atoms with Crippen LogP contribution >= 0.6 is 22.6 Å². The van der Waals surface area contributed by atoms with Crippen molar-refractivity contribution in [3.8, 4) is 5.75 Å². The summed E-state index contributed by atoms with van der Waals surface area (Å²) in [4.78, 5) is 33.1. The molecule has 11 nitrogen and oxygen atoms in total. The van der Waals surface area contributed by atoms with E-state index in [1.54, 1.807) is 30.3 Å². The Bertz CT molecular complexity index is 1480. The van der Waals surface area contributed by atoms with Gasteiger partial charge in [0.15, 0.2) is 5.76 Å². The number of hydrogen-bond donors (Lipinski definition) is 1. The van der Waals surface area contributed by atoms with Crippen LogP contribution in [0.5, 0.6) is 5.75 Å². The molecule has 1 amide bonds. The number of rotatable bonds is 8. The van der Waals surface area contributed by atoms with Gasteiger partial charge in [-0.05, 0) is 64.0 Å². The van der Waals surface area contributed by atoms with Crippen LogP contribution in [0.15, 0.2) is 76.2 Å². The van der Waals surface area contributed by atoms with Gasteiger partial charge < -0.3 is 9.15 Å². The summed E-state index contributed by atoms with van der Waals surface area (Å²) in [6, 6.07) is 16.9. The van der Waals surface area contributed by atoms with Gasteiger partial charge in [-0.15, -0.1) is 0 Å². The number of benzene rings is 3. The molecule has 1 aromatic heterocycles. The molecular formula is C23H15IN4O7. The van der Waals surface area contributed by atoms with E-state index in [1.165, 1.54) is 42.6 Å². The number of furan rings is 1. The summed E-state index contributed by atoms with van der Waals surface area (Å²) in [7, 11) is 0. The minimum atomic E-state index is -0.605. The summed E-state index contributed by atoms with van der Waals surface area (Å²) >= 11 is 2.09. The fourth-order valence-corrected chi connectivity index (χ4v) is 3.81. The van der Waals surface area contributed by atoms with Crippen LogP contribution in [-0.2, 0) is 6.61 Å². The Morgan fingerprint density at radius 2 is 1.80 bits per heavy atom. The maximum Gasteiger partial charge on any atom is 0.307 e. The number of nitro groups is 2. The van der Waals surface area contributed by atoms with Crippen LogP contribution in [0.2, 0.25) is 0 Å². The first-order valence-corrected chi connectivity index (χ1v) is 11.0. The molecule has 0 bridgehead atoms. The van der Waals surface area contributed by atoms with Crippen molar-refractivity contribution >= 4 is 57.1 Å². The van der Waals surface area contributed by atoms with E-state index in [0.717, 1.165) is 3.57 Å². The SMILES string of the molecule is O=C(N/N=C\c1ccc(OCc2cccc([N+](=O)[O-])c2)c(I)c1)c1cc2cc([N+](=O)[O-])ccc2o1. The van der Waals surface area contributed by atoms with Crippen molar-refractivity contribution in [3.63, 3.8) is 0 Å². The highest BCUT2D eigenvalue weighted by atomic mass is 127. The van der Waals surface area contributed by atoms with E-state index in [-0.39, 0.29) is 23.7 Å². The number of carbonyl (C=O) groups is 1. The van der Waals surface area contributed by atoms with E-state index in [4.69, 9.17) is 9.15 Å². The second-order valence-electron chi connectivity index (χ2n) is 7.19. The van der Waals surface area contributed by atoms with Gasteiger partial charge in [0.1, 0.15) is 17.9 Å². The van der Waals surface area contributed by atoms with E-state index < -0.39 is 15.8 Å². The molecule has 0 radical (unpaired) electrons. The second kappa shape index (κ2) is 10.3. The summed E-state index contributed by atoms with van der Waals surface area (Å²) < 4.78 is 12.0. The molecule has 35 heavy (non-hydrogen) atoms. The van der Waals surface area contributed by atoms with Gasteiger partial charge in [0.2, 0.25) is 0 Å². The predicted octanol–water partition coefficient (Wildman–Crippen LogP) is 5.20. The lowest BCUT2D eigenvalue weighted by Gasteiger charge is -2.09. The second-order valence-corrected chi connectivity index (χ2v) is 8.36. The van der Waals surface area contributed by atoms with Crippen molar-refractivity contribution in [2.24, 2.45) is 5.10 Å². The molecule has 12 heteroatoms. The highest BCUT2D eigenvalue weighted by molar-refractivity contribution is 14.1. The molecule has 0 saturated heterocycles. The van der Waals surface area contributed by atoms with Gasteiger partial charge in [-0.3, -0.25) is 25.0 Å². The number of nitrogens with zero attached hydrogens (tertiary/aromatic N) is 3. The third-order valence-corrected chi connectivity index (χ3v) is 5.63. The van der Waals surface area contributed by atoms with Crippen LogP contribution in [0.4, 0.5) is 11.4 Å². The average Bonchev–Trinajstić information content (AvgIpc) is 3.27. The number of carbonyl (C=O) groups excluding carboxylic acids is 1. The van der Waals surface area contributed by atoms with Crippen LogP contribution in [0, 0.1) is 23.8 Å². The third kappa shape index (κ3) is 5.78. The van der Waals surface area contributed by atoms with Crippen LogP contribution in [-0.4, -0.2) is 22.0 Å². The fraction of sp³-hybridized carbons (Fsp3) is 0.0435. The van der Waals surface area contributed by atoms with Crippen molar-refractivity contribution in [2.75, 3.05) is 0 Å². The number of nitro benzene ring substituents is 2. The quantitative estimate of drug-likeness (QED) is 0.129. The molecule has 0 saturated carbocycles. The number of fused-ring (bicyclic) bond motifs is 1. The highest BCUT2D eigenvalue weighted by Gasteiger charge is 2.14. The number of amides is 1. The molecule has 0 unspecified atom stereocenters. The molecular weight excluding hydrogens is 571 g/mol. The Morgan fingerprint density at radius 3 is 2.54 bits per heavy atom. The van der Waals surface area contributed by atoms with Gasteiger partial charge in [-0.25, -0.2) is 5.43 Å². The molecule has 0 aliphatic heterocycles. The van der Waals surface area contributed by atoms with Gasteiger partial charge in [0, 0.05) is 29.7 Å². The molecule has 4 rings (SSSR count). The van der Waals surface area contributed by atoms with Crippen molar-refractivity contribution in [3.05, 3.63) is 107 Å². The molecule has 0 fully saturated rings. The highest BCUT2D eigenvalue weighted by Crippen LogP contribution is 2.25. The first kappa shape index (κ1) is 23.8. The van der Waals surface area contributed by atoms with Crippen molar-refractivity contribution in [1.82, 2.24) is 5.43 Å². The van der Waals surface area contributed by atoms with E-state index in [9.17, 15) is 25.0 Å². The lowest BCUT2D eigenvalue weighted by atomic mass is 10.2. The van der Waals surface area contributed by atoms with E-state index in [1.807, 2.05) is 0 Å². The monoisotopic (exact) mass is 586 g/mol. The largest absolute Gasteiger partial charge is 0.488 e. The number of nitrogens with one attached hydrogen (secondary N) is 1. The molecule has 0 aliphatic rings. The zero-order valence-electron chi connectivity index (χ0n) is 17.7. The Labute approximate surface area is 210 Å². The van der Waals surface area contributed by atoms with E-state index >= 15 is 0 Å². The molecule has 0 atom stereocenters. The van der Waals surface area contributed by atoms with Crippen LogP contribution in [0.3, 0.4) is 0 Å². The number of non-ortho nitro benzene ring substituents is 2. The summed E-state index contributed by atoms with van der Waals surface area (Å²) in [5, 5.41) is 26.1. The summed E-state index contributed by atoms with van der Waals surface area (Å²) in [6.07, 6.45) is 1.44. The Balaban J connectivity index is 1.37. The van der Waals surface area contributed by atoms with Crippen molar-refractivity contribution in [2.45, 2.75) is 6.61 Å². The smallest absolute Gasteiger partial charge is 0.307 e. The van der Waals surface area contributed by atoms with Gasteiger partial charge in [0.25, 0.3) is 11.4 Å². The normalized spacial score (nSPS) is 11.0. The average molecular weight is 586 g/mol. The summed E-state index contributed by atoms with van der Waals surface area (Å²) in [5.74, 6) is -0.0431. The summed E-state index contributed by atoms with van der Waals surface area (Å²) in [5.41, 5.74) is 3.96. The number of hydrogen-bond acceptors (Lipinski definition) is 8. The van der Waals surface area contributed by atoms with Crippen LogP contribution in [0.25, 0.3) is 11.0 Å². The third-order valence-electron chi connectivity index (χ3n) is 4.79. The molecule has 176 valence electrons. The molecule has 0 aliphatic carbocycles. The van der Waals surface area contributed by atoms with Crippen LogP contribution in [0.1, 0.15) is 21.7 Å². The zero-order chi connectivity index (χ0) is 24.9. The van der Waals surface area contributed by atoms with Gasteiger partial charge in [-0.2, -0.15) is 5.10 Å². The van der Waals surface area contributed by atoms with Gasteiger partial charge >= 0.3 is 5.91 Å². The molecule has 4 aromatic rings. The minimum Gasteiger partial charge on any atom is -0.488 e. The first-order valence-electron chi connectivity index (χ1n) is 9.97. The van der Waals surface area contributed by atoms with E-state index in [0.29, 0.717) is 27.8 Å². The first-order chi connectivity index (χ1) is 16.8. The Kier molecular flexibility index (Phi) is 7.01. The Hall–Kier alpha value is -4.33. The number of halogens is 1. The number of ether oxygens (including phenoxy) is 1. The van der Waals surface area contributed by atoms with Crippen molar-refractivity contribution in [1.29, 1.82) is 0 Å². The summed E-state index contributed by atoms with van der Waals surface area (Å²) in [6.45, 7) is 0.168. The standard InChI is InChI=1S/C23H15IN4O7/c24-19-9-14(4-6-21(19)34-13-15-2-1-3-17(8-15)27(30)31)12-25-26-23(29)22-11-16-10-18(28(32)33)5-7-20(16)35-22/h1-12H,13H2,(H,26,29)/b25-12-. The Morgan fingerprint density at radius 1 is 1.03 bits per heavy atom. The lowest BCUT2D eigenvalue weighted by Crippen LogP contribution is -2.16. The van der Waals surface area contributed by atoms with Gasteiger partial charge in [-0.1, -0.05) is 12.1 Å². The fourth-order valence-electron chi connectivity index (χ4n) is 3.11. The minimum absolute atomic E-state index is 0.00151. The lowest BCUT2D eigenvalue weighted by molar-refractivity contribution is -0.385. The van der Waals surface area contributed by atoms with Gasteiger partial charge in [0.05, 0.1) is 19.6 Å². The molecule has 3 aromatic carbocycles. The molecule has 1 N–H and O–H groups in total.